The minimum absolute atomic E-state index is 0.00474. The van der Waals surface area contributed by atoms with Crippen molar-refractivity contribution in [1.29, 1.82) is 5.26 Å². The maximum absolute atomic E-state index is 13.4. The molecule has 5 rings (SSSR count). The maximum Gasteiger partial charge on any atom is 0.254 e. The van der Waals surface area contributed by atoms with Crippen molar-refractivity contribution in [3.8, 4) is 6.07 Å². The van der Waals surface area contributed by atoms with Crippen LogP contribution in [0, 0.1) is 17.2 Å². The van der Waals surface area contributed by atoms with Crippen LogP contribution >= 0.6 is 0 Å². The highest BCUT2D eigenvalue weighted by molar-refractivity contribution is 5.97. The fourth-order valence-electron chi connectivity index (χ4n) is 5.18. The summed E-state index contributed by atoms with van der Waals surface area (Å²) in [7, 11) is 0. The summed E-state index contributed by atoms with van der Waals surface area (Å²) in [6.45, 7) is 5.29. The smallest absolute Gasteiger partial charge is 0.254 e. The summed E-state index contributed by atoms with van der Waals surface area (Å²) < 4.78 is 0. The first kappa shape index (κ1) is 17.0. The van der Waals surface area contributed by atoms with Crippen LogP contribution in [-0.2, 0) is 11.8 Å². The summed E-state index contributed by atoms with van der Waals surface area (Å²) in [5, 5.41) is 9.30. The average Bonchev–Trinajstić information content (AvgIpc) is 3.18. The number of H-pyrrole nitrogens is 1. The third-order valence-electron chi connectivity index (χ3n) is 7.07. The molecule has 2 aliphatic rings. The molecule has 5 heteroatoms. The van der Waals surface area contributed by atoms with Gasteiger partial charge in [0, 0.05) is 18.2 Å². The molecule has 1 amide bonds. The molecule has 1 aliphatic heterocycles. The largest absolute Gasteiger partial charge is 0.345 e. The second kappa shape index (κ2) is 5.93. The SMILES string of the molecule is CC1C2Cc3ccc(C#N)cc3C1(C)CCN2C(=O)c1ccc2nc[nH]c2c1. The van der Waals surface area contributed by atoms with Gasteiger partial charge in [-0.1, -0.05) is 19.9 Å². The Hall–Kier alpha value is -3.13. The molecule has 2 aromatic carbocycles. The minimum Gasteiger partial charge on any atom is -0.345 e. The van der Waals surface area contributed by atoms with Crippen molar-refractivity contribution in [3.05, 3.63) is 65.0 Å². The fraction of sp³-hybridized carbons (Fsp3) is 0.348. The summed E-state index contributed by atoms with van der Waals surface area (Å²) in [6.07, 6.45) is 3.40. The Kier molecular flexibility index (Phi) is 3.60. The van der Waals surface area contributed by atoms with Gasteiger partial charge in [-0.15, -0.1) is 0 Å². The number of nitrogens with one attached hydrogen (secondary N) is 1. The molecule has 1 saturated heterocycles. The molecule has 140 valence electrons. The number of aromatic amines is 1. The number of benzene rings is 2. The summed E-state index contributed by atoms with van der Waals surface area (Å²) in [5.74, 6) is 0.426. The van der Waals surface area contributed by atoms with Gasteiger partial charge in [0.2, 0.25) is 0 Å². The number of rotatable bonds is 1. The van der Waals surface area contributed by atoms with Crippen LogP contribution in [0.2, 0.25) is 0 Å². The van der Waals surface area contributed by atoms with Gasteiger partial charge in [0.05, 0.1) is 29.0 Å². The van der Waals surface area contributed by atoms with Gasteiger partial charge in [-0.25, -0.2) is 4.98 Å². The molecule has 2 bridgehead atoms. The summed E-state index contributed by atoms with van der Waals surface area (Å²) in [4.78, 5) is 22.8. The molecule has 3 unspecified atom stereocenters. The predicted octanol–water partition coefficient (Wildman–Crippen LogP) is 3.80. The zero-order valence-electron chi connectivity index (χ0n) is 16.1. The van der Waals surface area contributed by atoms with Gasteiger partial charge < -0.3 is 9.88 Å². The quantitative estimate of drug-likeness (QED) is 0.708. The fourth-order valence-corrected chi connectivity index (χ4v) is 5.18. The highest BCUT2D eigenvalue weighted by Crippen LogP contribution is 2.49. The molecule has 0 radical (unpaired) electrons. The van der Waals surface area contributed by atoms with Crippen molar-refractivity contribution in [2.45, 2.75) is 38.1 Å². The van der Waals surface area contributed by atoms with Crippen LogP contribution in [0.4, 0.5) is 0 Å². The minimum atomic E-state index is -0.00474. The normalized spacial score (nSPS) is 26.0. The molecule has 1 aromatic heterocycles. The van der Waals surface area contributed by atoms with Crippen molar-refractivity contribution < 1.29 is 4.79 Å². The summed E-state index contributed by atoms with van der Waals surface area (Å²) in [6, 6.07) is 14.2. The van der Waals surface area contributed by atoms with E-state index >= 15 is 0 Å². The Bertz CT molecular complexity index is 1140. The lowest BCUT2D eigenvalue weighted by atomic mass is 9.59. The van der Waals surface area contributed by atoms with Crippen LogP contribution in [0.1, 0.15) is 47.3 Å². The first-order valence-corrected chi connectivity index (χ1v) is 9.79. The summed E-state index contributed by atoms with van der Waals surface area (Å²) in [5.41, 5.74) is 5.74. The van der Waals surface area contributed by atoms with E-state index in [2.05, 4.69) is 46.9 Å². The number of likely N-dealkylation sites (tertiary alicyclic amines) is 1. The number of carbonyl (C=O) groups excluding carboxylic acids is 1. The molecule has 1 N–H and O–H groups in total. The highest BCUT2D eigenvalue weighted by atomic mass is 16.2. The van der Waals surface area contributed by atoms with Crippen LogP contribution in [0.5, 0.6) is 0 Å². The number of nitriles is 1. The lowest BCUT2D eigenvalue weighted by molar-refractivity contribution is 0.0250. The van der Waals surface area contributed by atoms with Crippen LogP contribution < -0.4 is 0 Å². The van der Waals surface area contributed by atoms with Gasteiger partial charge in [0.1, 0.15) is 0 Å². The summed E-state index contributed by atoms with van der Waals surface area (Å²) >= 11 is 0. The second-order valence-corrected chi connectivity index (χ2v) is 8.34. The number of hydrogen-bond donors (Lipinski definition) is 1. The molecule has 5 nitrogen and oxygen atoms in total. The molecule has 1 aliphatic carbocycles. The lowest BCUT2D eigenvalue weighted by Gasteiger charge is -2.54. The standard InChI is InChI=1S/C23H22N4O/c1-14-21-11-16-4-3-15(12-24)9-18(16)23(14,2)7-8-27(21)22(28)17-5-6-19-20(10-17)26-13-25-19/h3-6,9-10,13-14,21H,7-8,11H2,1-2H3,(H,25,26). The molecule has 0 saturated carbocycles. The molecule has 0 spiro atoms. The van der Waals surface area contributed by atoms with Gasteiger partial charge in [-0.05, 0) is 65.6 Å². The molecule has 3 atom stereocenters. The number of aromatic nitrogens is 2. The highest BCUT2D eigenvalue weighted by Gasteiger charge is 2.49. The Morgan fingerprint density at radius 1 is 1.32 bits per heavy atom. The number of nitrogens with zero attached hydrogens (tertiary/aromatic N) is 3. The zero-order chi connectivity index (χ0) is 19.5. The van der Waals surface area contributed by atoms with Crippen LogP contribution in [0.15, 0.2) is 42.7 Å². The van der Waals surface area contributed by atoms with Gasteiger partial charge in [-0.2, -0.15) is 5.26 Å². The van der Waals surface area contributed by atoms with Crippen LogP contribution in [-0.4, -0.2) is 33.4 Å². The molecule has 2 heterocycles. The lowest BCUT2D eigenvalue weighted by Crippen LogP contribution is -2.59. The average molecular weight is 370 g/mol. The number of piperidine rings is 1. The molecular formula is C23H22N4O. The van der Waals surface area contributed by atoms with E-state index in [0.29, 0.717) is 11.5 Å². The Morgan fingerprint density at radius 3 is 3.00 bits per heavy atom. The van der Waals surface area contributed by atoms with Crippen molar-refractivity contribution in [2.75, 3.05) is 6.54 Å². The van der Waals surface area contributed by atoms with E-state index in [1.165, 1.54) is 11.1 Å². The van der Waals surface area contributed by atoms with Crippen molar-refractivity contribution >= 4 is 16.9 Å². The van der Waals surface area contributed by atoms with Crippen molar-refractivity contribution in [2.24, 2.45) is 5.92 Å². The Morgan fingerprint density at radius 2 is 2.18 bits per heavy atom. The molecule has 28 heavy (non-hydrogen) atoms. The molecule has 1 fully saturated rings. The number of fused-ring (bicyclic) bond motifs is 5. The number of amides is 1. The second-order valence-electron chi connectivity index (χ2n) is 8.34. The van der Waals surface area contributed by atoms with E-state index in [4.69, 9.17) is 0 Å². The first-order chi connectivity index (χ1) is 13.5. The third kappa shape index (κ3) is 2.31. The van der Waals surface area contributed by atoms with Crippen LogP contribution in [0.3, 0.4) is 0 Å². The van der Waals surface area contributed by atoms with Gasteiger partial charge in [0.25, 0.3) is 5.91 Å². The topological polar surface area (TPSA) is 72.8 Å². The van der Waals surface area contributed by atoms with Crippen molar-refractivity contribution in [1.82, 2.24) is 14.9 Å². The van der Waals surface area contributed by atoms with Crippen molar-refractivity contribution in [3.63, 3.8) is 0 Å². The number of carbonyl (C=O) groups is 1. The van der Waals surface area contributed by atoms with E-state index in [1.807, 2.05) is 24.3 Å². The molecular weight excluding hydrogens is 348 g/mol. The van der Waals surface area contributed by atoms with E-state index in [0.717, 1.165) is 36.0 Å². The predicted molar refractivity (Wildman–Crippen MR) is 107 cm³/mol. The Labute approximate surface area is 164 Å². The number of hydrogen-bond acceptors (Lipinski definition) is 3. The van der Waals surface area contributed by atoms with Gasteiger partial charge in [-0.3, -0.25) is 4.79 Å². The monoisotopic (exact) mass is 370 g/mol. The van der Waals surface area contributed by atoms with E-state index < -0.39 is 0 Å². The van der Waals surface area contributed by atoms with E-state index in [9.17, 15) is 10.1 Å². The number of imidazole rings is 1. The molecule has 3 aromatic rings. The van der Waals surface area contributed by atoms with Gasteiger partial charge in [0.15, 0.2) is 0 Å². The third-order valence-corrected chi connectivity index (χ3v) is 7.07. The maximum atomic E-state index is 13.4. The van der Waals surface area contributed by atoms with Gasteiger partial charge >= 0.3 is 0 Å². The van der Waals surface area contributed by atoms with Crippen LogP contribution in [0.25, 0.3) is 11.0 Å². The first-order valence-electron chi connectivity index (χ1n) is 9.79. The Balaban J connectivity index is 1.52. The van der Waals surface area contributed by atoms with E-state index in [-0.39, 0.29) is 17.4 Å². The van der Waals surface area contributed by atoms with E-state index in [1.54, 1.807) is 6.33 Å². The zero-order valence-corrected chi connectivity index (χ0v) is 16.1.